The average molecular weight is 353 g/mol. The van der Waals surface area contributed by atoms with E-state index in [0.717, 1.165) is 34.9 Å². The summed E-state index contributed by atoms with van der Waals surface area (Å²) in [6.07, 6.45) is 3.08. The highest BCUT2D eigenvalue weighted by molar-refractivity contribution is 5.65. The van der Waals surface area contributed by atoms with Crippen molar-refractivity contribution in [2.75, 3.05) is 10.6 Å². The van der Waals surface area contributed by atoms with Gasteiger partial charge in [0, 0.05) is 23.5 Å². The van der Waals surface area contributed by atoms with Crippen LogP contribution in [-0.2, 0) is 0 Å². The minimum absolute atomic E-state index is 0.443. The number of rotatable bonds is 4. The van der Waals surface area contributed by atoms with Gasteiger partial charge in [0.2, 0.25) is 5.95 Å². The first-order chi connectivity index (χ1) is 12.3. The van der Waals surface area contributed by atoms with Crippen molar-refractivity contribution in [3.63, 3.8) is 0 Å². The molecular formula is C22H32N4. The van der Waals surface area contributed by atoms with Crippen LogP contribution in [0.25, 0.3) is 0 Å². The summed E-state index contributed by atoms with van der Waals surface area (Å²) >= 11 is 0. The third-order valence-corrected chi connectivity index (χ3v) is 6.58. The molecule has 1 fully saturated rings. The van der Waals surface area contributed by atoms with E-state index in [0.29, 0.717) is 12.0 Å². The molecule has 0 spiro atoms. The molecule has 1 aromatic heterocycles. The Bertz CT molecular complexity index is 799. The average Bonchev–Trinajstić information content (AvgIpc) is 2.85. The van der Waals surface area contributed by atoms with Crippen molar-refractivity contribution in [2.45, 2.75) is 60.9 Å². The van der Waals surface area contributed by atoms with Gasteiger partial charge in [0.25, 0.3) is 0 Å². The zero-order valence-electron chi connectivity index (χ0n) is 17.1. The van der Waals surface area contributed by atoms with Gasteiger partial charge in [0.05, 0.1) is 0 Å². The summed E-state index contributed by atoms with van der Waals surface area (Å²) in [7, 11) is 0. The molecule has 1 aromatic carbocycles. The van der Waals surface area contributed by atoms with Crippen molar-refractivity contribution in [1.29, 1.82) is 0 Å². The van der Waals surface area contributed by atoms with Gasteiger partial charge in [-0.25, -0.2) is 4.98 Å². The van der Waals surface area contributed by atoms with Gasteiger partial charge in [0.15, 0.2) is 0 Å². The van der Waals surface area contributed by atoms with E-state index in [1.54, 1.807) is 0 Å². The highest BCUT2D eigenvalue weighted by Crippen LogP contribution is 2.37. The zero-order valence-corrected chi connectivity index (χ0v) is 17.1. The Hall–Kier alpha value is -2.10. The number of hydrogen-bond donors (Lipinski definition) is 2. The van der Waals surface area contributed by atoms with Gasteiger partial charge >= 0.3 is 0 Å². The van der Waals surface area contributed by atoms with Crippen LogP contribution in [0.1, 0.15) is 49.4 Å². The Morgan fingerprint density at radius 3 is 2.31 bits per heavy atom. The van der Waals surface area contributed by atoms with Crippen molar-refractivity contribution >= 4 is 17.5 Å². The molecule has 0 radical (unpaired) electrons. The highest BCUT2D eigenvalue weighted by atomic mass is 15.2. The summed E-state index contributed by atoms with van der Waals surface area (Å²) in [6, 6.07) is 4.73. The van der Waals surface area contributed by atoms with Gasteiger partial charge in [0.1, 0.15) is 5.82 Å². The summed E-state index contributed by atoms with van der Waals surface area (Å²) < 4.78 is 0. The fourth-order valence-corrected chi connectivity index (χ4v) is 3.93. The number of nitrogens with one attached hydrogen (secondary N) is 2. The van der Waals surface area contributed by atoms with Crippen molar-refractivity contribution in [3.8, 4) is 0 Å². The van der Waals surface area contributed by atoms with Gasteiger partial charge in [-0.05, 0) is 74.6 Å². The lowest BCUT2D eigenvalue weighted by Gasteiger charge is -2.20. The molecule has 2 N–H and O–H groups in total. The van der Waals surface area contributed by atoms with Crippen LogP contribution in [0.5, 0.6) is 0 Å². The Balaban J connectivity index is 1.82. The number of hydrogen-bond acceptors (Lipinski definition) is 4. The fourth-order valence-electron chi connectivity index (χ4n) is 3.93. The van der Waals surface area contributed by atoms with E-state index in [4.69, 9.17) is 4.98 Å². The Kier molecular flexibility index (Phi) is 5.22. The molecule has 0 bridgehead atoms. The maximum atomic E-state index is 4.78. The number of nitrogens with zero attached hydrogens (tertiary/aromatic N) is 2. The van der Waals surface area contributed by atoms with E-state index >= 15 is 0 Å². The maximum absolute atomic E-state index is 4.78. The number of aromatic nitrogens is 2. The van der Waals surface area contributed by atoms with Crippen LogP contribution >= 0.6 is 0 Å². The maximum Gasteiger partial charge on any atom is 0.224 e. The van der Waals surface area contributed by atoms with Gasteiger partial charge in [-0.15, -0.1) is 0 Å². The first-order valence-electron chi connectivity index (χ1n) is 9.72. The van der Waals surface area contributed by atoms with Crippen molar-refractivity contribution in [2.24, 2.45) is 17.8 Å². The third kappa shape index (κ3) is 3.55. The molecule has 1 aliphatic carbocycles. The number of benzene rings is 1. The van der Waals surface area contributed by atoms with E-state index in [-0.39, 0.29) is 0 Å². The van der Waals surface area contributed by atoms with Gasteiger partial charge in [-0.1, -0.05) is 26.8 Å². The SMILES string of the molecule is Cc1cnc(NC2CC(C)C(C)C2C)nc1Nc1ccc(C)c(C)c1C. The second kappa shape index (κ2) is 7.26. The van der Waals surface area contributed by atoms with Crippen molar-refractivity contribution in [3.05, 3.63) is 40.6 Å². The van der Waals surface area contributed by atoms with Gasteiger partial charge in [-0.2, -0.15) is 4.98 Å². The van der Waals surface area contributed by atoms with Gasteiger partial charge in [-0.3, -0.25) is 0 Å². The van der Waals surface area contributed by atoms with Crippen LogP contribution in [-0.4, -0.2) is 16.0 Å². The molecule has 3 rings (SSSR count). The molecule has 1 saturated carbocycles. The topological polar surface area (TPSA) is 49.8 Å². The smallest absolute Gasteiger partial charge is 0.224 e. The molecule has 140 valence electrons. The van der Waals surface area contributed by atoms with E-state index in [9.17, 15) is 0 Å². The predicted molar refractivity (Wildman–Crippen MR) is 110 cm³/mol. The second-order valence-electron chi connectivity index (χ2n) is 8.21. The Labute approximate surface area is 157 Å². The van der Waals surface area contributed by atoms with E-state index < -0.39 is 0 Å². The van der Waals surface area contributed by atoms with Crippen LogP contribution < -0.4 is 10.6 Å². The predicted octanol–water partition coefficient (Wildman–Crippen LogP) is 5.55. The lowest BCUT2D eigenvalue weighted by Crippen LogP contribution is -2.25. The summed E-state index contributed by atoms with van der Waals surface area (Å²) in [4.78, 5) is 9.30. The number of anilines is 3. The molecule has 1 heterocycles. The molecule has 26 heavy (non-hydrogen) atoms. The lowest BCUT2D eigenvalue weighted by atomic mass is 9.93. The van der Waals surface area contributed by atoms with Crippen LogP contribution in [0.4, 0.5) is 17.5 Å². The normalized spacial score (nSPS) is 25.3. The molecule has 0 amide bonds. The van der Waals surface area contributed by atoms with Crippen LogP contribution in [0.3, 0.4) is 0 Å². The quantitative estimate of drug-likeness (QED) is 0.758. The largest absolute Gasteiger partial charge is 0.351 e. The lowest BCUT2D eigenvalue weighted by molar-refractivity contribution is 0.374. The van der Waals surface area contributed by atoms with E-state index in [2.05, 4.69) is 69.3 Å². The molecular weight excluding hydrogens is 320 g/mol. The first-order valence-corrected chi connectivity index (χ1v) is 9.72. The fraction of sp³-hybridized carbons (Fsp3) is 0.545. The molecule has 4 atom stereocenters. The molecule has 4 nitrogen and oxygen atoms in total. The minimum atomic E-state index is 0.443. The van der Waals surface area contributed by atoms with Gasteiger partial charge < -0.3 is 10.6 Å². The minimum Gasteiger partial charge on any atom is -0.351 e. The Morgan fingerprint density at radius 2 is 1.65 bits per heavy atom. The second-order valence-corrected chi connectivity index (χ2v) is 8.21. The van der Waals surface area contributed by atoms with Crippen LogP contribution in [0.15, 0.2) is 18.3 Å². The van der Waals surface area contributed by atoms with Crippen molar-refractivity contribution < 1.29 is 0 Å². The molecule has 0 aliphatic heterocycles. The zero-order chi connectivity index (χ0) is 19.0. The summed E-state index contributed by atoms with van der Waals surface area (Å²) in [5.74, 6) is 3.70. The summed E-state index contributed by atoms with van der Waals surface area (Å²) in [6.45, 7) is 15.5. The van der Waals surface area contributed by atoms with E-state index in [1.165, 1.54) is 23.1 Å². The van der Waals surface area contributed by atoms with E-state index in [1.807, 2.05) is 13.1 Å². The molecule has 0 saturated heterocycles. The molecule has 4 unspecified atom stereocenters. The van der Waals surface area contributed by atoms with Crippen molar-refractivity contribution in [1.82, 2.24) is 9.97 Å². The van der Waals surface area contributed by atoms with Crippen LogP contribution in [0, 0.1) is 45.4 Å². The first kappa shape index (κ1) is 18.7. The molecule has 1 aliphatic rings. The monoisotopic (exact) mass is 352 g/mol. The molecule has 4 heteroatoms. The summed E-state index contributed by atoms with van der Waals surface area (Å²) in [5.41, 5.74) is 6.06. The standard InChI is InChI=1S/C22H32N4/c1-12-8-9-19(17(6)15(12)4)24-21-14(3)11-23-22(26-21)25-20-10-13(2)16(5)18(20)7/h8-9,11,13,16,18,20H,10H2,1-7H3,(H2,23,24,25,26). The molecule has 2 aromatic rings. The third-order valence-electron chi connectivity index (χ3n) is 6.58. The van der Waals surface area contributed by atoms with Crippen LogP contribution in [0.2, 0.25) is 0 Å². The Morgan fingerprint density at radius 1 is 0.923 bits per heavy atom. The summed E-state index contributed by atoms with van der Waals surface area (Å²) in [5, 5.41) is 7.09. The highest BCUT2D eigenvalue weighted by Gasteiger charge is 2.35. The number of aryl methyl sites for hydroxylation is 2.